The van der Waals surface area contributed by atoms with E-state index in [1.54, 1.807) is 17.0 Å². The van der Waals surface area contributed by atoms with E-state index >= 15 is 0 Å². The summed E-state index contributed by atoms with van der Waals surface area (Å²) in [5, 5.41) is 9.35. The number of aliphatic carboxylic acids is 1. The number of halogens is 1. The van der Waals surface area contributed by atoms with Crippen LogP contribution >= 0.6 is 11.6 Å². The summed E-state index contributed by atoms with van der Waals surface area (Å²) in [5.41, 5.74) is 0.899. The molecular weight excluding hydrogens is 280 g/mol. The average Bonchev–Trinajstić information content (AvgIpc) is 2.38. The summed E-state index contributed by atoms with van der Waals surface area (Å²) in [6, 6.07) is 7.28. The third kappa shape index (κ3) is 4.21. The number of carbonyl (C=O) groups excluding carboxylic acids is 1. The Morgan fingerprint density at radius 1 is 1.20 bits per heavy atom. The zero-order chi connectivity index (χ0) is 14.5. The summed E-state index contributed by atoms with van der Waals surface area (Å²) in [4.78, 5) is 26.4. The molecular formula is C14H17ClN2O3. The van der Waals surface area contributed by atoms with E-state index < -0.39 is 5.97 Å². The number of carboxylic acids is 1. The molecule has 0 aromatic heterocycles. The van der Waals surface area contributed by atoms with Crippen LogP contribution in [0.1, 0.15) is 5.56 Å². The molecule has 0 bridgehead atoms. The van der Waals surface area contributed by atoms with Gasteiger partial charge in [0.25, 0.3) is 0 Å². The zero-order valence-electron chi connectivity index (χ0n) is 11.1. The monoisotopic (exact) mass is 296 g/mol. The van der Waals surface area contributed by atoms with E-state index in [1.165, 1.54) is 0 Å². The molecule has 108 valence electrons. The minimum atomic E-state index is -0.830. The van der Waals surface area contributed by atoms with E-state index in [4.69, 9.17) is 16.7 Å². The predicted octanol–water partition coefficient (Wildman–Crippen LogP) is 1.11. The molecule has 1 aromatic carbocycles. The Hall–Kier alpha value is -1.59. The number of carbonyl (C=O) groups is 2. The largest absolute Gasteiger partial charge is 0.480 e. The molecule has 5 nitrogen and oxygen atoms in total. The minimum Gasteiger partial charge on any atom is -0.480 e. The molecule has 0 unspecified atom stereocenters. The Morgan fingerprint density at radius 2 is 1.90 bits per heavy atom. The van der Waals surface area contributed by atoms with Crippen molar-refractivity contribution in [3.05, 3.63) is 34.9 Å². The molecule has 1 N–H and O–H groups in total. The van der Waals surface area contributed by atoms with Crippen LogP contribution in [0.15, 0.2) is 24.3 Å². The molecule has 6 heteroatoms. The fourth-order valence-corrected chi connectivity index (χ4v) is 2.49. The quantitative estimate of drug-likeness (QED) is 0.904. The van der Waals surface area contributed by atoms with Gasteiger partial charge in [-0.05, 0) is 17.7 Å². The van der Waals surface area contributed by atoms with Gasteiger partial charge in [0.05, 0.1) is 13.0 Å². The highest BCUT2D eigenvalue weighted by atomic mass is 35.5. The standard InChI is InChI=1S/C14H17ClN2O3/c15-12-3-1-2-11(8-12)9-13(18)17-6-4-16(5-7-17)10-14(19)20/h1-3,8H,4-7,9-10H2,(H,19,20). The van der Waals surface area contributed by atoms with Crippen molar-refractivity contribution in [2.45, 2.75) is 6.42 Å². The molecule has 1 aromatic rings. The normalized spacial score (nSPS) is 16.1. The fraction of sp³-hybridized carbons (Fsp3) is 0.429. The lowest BCUT2D eigenvalue weighted by molar-refractivity contribution is -0.139. The van der Waals surface area contributed by atoms with Crippen LogP contribution in [0.25, 0.3) is 0 Å². The molecule has 1 aliphatic rings. The molecule has 1 heterocycles. The maximum Gasteiger partial charge on any atom is 0.317 e. The second-order valence-corrected chi connectivity index (χ2v) is 5.29. The topological polar surface area (TPSA) is 60.9 Å². The second-order valence-electron chi connectivity index (χ2n) is 4.86. The maximum absolute atomic E-state index is 12.2. The number of carboxylic acid groups (broad SMARTS) is 1. The van der Waals surface area contributed by atoms with E-state index in [0.717, 1.165) is 5.56 Å². The molecule has 2 rings (SSSR count). The van der Waals surface area contributed by atoms with E-state index in [2.05, 4.69) is 0 Å². The molecule has 0 atom stereocenters. The van der Waals surface area contributed by atoms with Crippen LogP contribution in [0.2, 0.25) is 5.02 Å². The van der Waals surface area contributed by atoms with Crippen molar-refractivity contribution in [2.75, 3.05) is 32.7 Å². The third-order valence-electron chi connectivity index (χ3n) is 3.33. The van der Waals surface area contributed by atoms with E-state index in [0.29, 0.717) is 37.6 Å². The van der Waals surface area contributed by atoms with Gasteiger partial charge in [0.1, 0.15) is 0 Å². The molecule has 0 spiro atoms. The minimum absolute atomic E-state index is 0.0380. The highest BCUT2D eigenvalue weighted by molar-refractivity contribution is 6.30. The van der Waals surface area contributed by atoms with Crippen molar-refractivity contribution < 1.29 is 14.7 Å². The first-order valence-corrected chi connectivity index (χ1v) is 6.89. The first kappa shape index (κ1) is 14.8. The van der Waals surface area contributed by atoms with Crippen molar-refractivity contribution in [3.63, 3.8) is 0 Å². The summed E-state index contributed by atoms with van der Waals surface area (Å²) < 4.78 is 0. The van der Waals surface area contributed by atoms with E-state index in [9.17, 15) is 9.59 Å². The van der Waals surface area contributed by atoms with E-state index in [1.807, 2.05) is 17.0 Å². The predicted molar refractivity (Wildman–Crippen MR) is 75.8 cm³/mol. The van der Waals surface area contributed by atoms with Crippen LogP contribution in [-0.4, -0.2) is 59.5 Å². The number of piperazine rings is 1. The maximum atomic E-state index is 12.2. The lowest BCUT2D eigenvalue weighted by Crippen LogP contribution is -2.50. The van der Waals surface area contributed by atoms with Crippen molar-refractivity contribution in [1.82, 2.24) is 9.80 Å². The third-order valence-corrected chi connectivity index (χ3v) is 3.56. The summed E-state index contributed by atoms with van der Waals surface area (Å²) >= 11 is 5.89. The highest BCUT2D eigenvalue weighted by Gasteiger charge is 2.22. The molecule has 1 saturated heterocycles. The van der Waals surface area contributed by atoms with Crippen molar-refractivity contribution in [1.29, 1.82) is 0 Å². The van der Waals surface area contributed by atoms with Gasteiger partial charge in [-0.15, -0.1) is 0 Å². The first-order chi connectivity index (χ1) is 9.54. The van der Waals surface area contributed by atoms with Gasteiger partial charge < -0.3 is 10.0 Å². The van der Waals surface area contributed by atoms with Gasteiger partial charge in [-0.25, -0.2) is 0 Å². The smallest absolute Gasteiger partial charge is 0.317 e. The van der Waals surface area contributed by atoms with Gasteiger partial charge >= 0.3 is 5.97 Å². The SMILES string of the molecule is O=C(O)CN1CCN(C(=O)Cc2cccc(Cl)c2)CC1. The number of hydrogen-bond acceptors (Lipinski definition) is 3. The lowest BCUT2D eigenvalue weighted by Gasteiger charge is -2.33. The molecule has 1 amide bonds. The van der Waals surface area contributed by atoms with Crippen molar-refractivity contribution in [3.8, 4) is 0 Å². The van der Waals surface area contributed by atoms with Gasteiger partial charge in [0.2, 0.25) is 5.91 Å². The van der Waals surface area contributed by atoms with Gasteiger partial charge in [0, 0.05) is 31.2 Å². The zero-order valence-corrected chi connectivity index (χ0v) is 11.8. The Balaban J connectivity index is 1.84. The van der Waals surface area contributed by atoms with Crippen LogP contribution < -0.4 is 0 Å². The second kappa shape index (κ2) is 6.72. The van der Waals surface area contributed by atoms with E-state index in [-0.39, 0.29) is 12.5 Å². The lowest BCUT2D eigenvalue weighted by atomic mass is 10.1. The molecule has 0 aliphatic carbocycles. The summed E-state index contributed by atoms with van der Waals surface area (Å²) in [6.07, 6.45) is 0.333. The molecule has 1 fully saturated rings. The number of amides is 1. The molecule has 0 radical (unpaired) electrons. The van der Waals surface area contributed by atoms with Crippen molar-refractivity contribution >= 4 is 23.5 Å². The summed E-state index contributed by atoms with van der Waals surface area (Å²) in [7, 11) is 0. The Kier molecular flexibility index (Phi) is 4.98. The molecule has 0 saturated carbocycles. The number of rotatable bonds is 4. The number of nitrogens with zero attached hydrogens (tertiary/aromatic N) is 2. The molecule has 1 aliphatic heterocycles. The number of hydrogen-bond donors (Lipinski definition) is 1. The van der Waals surface area contributed by atoms with Crippen LogP contribution in [0, 0.1) is 0 Å². The highest BCUT2D eigenvalue weighted by Crippen LogP contribution is 2.12. The number of benzene rings is 1. The van der Waals surface area contributed by atoms with Crippen LogP contribution in [0.4, 0.5) is 0 Å². The Bertz CT molecular complexity index is 499. The Labute approximate surface area is 122 Å². The van der Waals surface area contributed by atoms with Crippen LogP contribution in [0.3, 0.4) is 0 Å². The van der Waals surface area contributed by atoms with Gasteiger partial charge in [-0.1, -0.05) is 23.7 Å². The van der Waals surface area contributed by atoms with Crippen LogP contribution in [-0.2, 0) is 16.0 Å². The summed E-state index contributed by atoms with van der Waals surface area (Å²) in [6.45, 7) is 2.40. The Morgan fingerprint density at radius 3 is 2.50 bits per heavy atom. The van der Waals surface area contributed by atoms with Gasteiger partial charge in [-0.3, -0.25) is 14.5 Å². The van der Waals surface area contributed by atoms with Gasteiger partial charge in [-0.2, -0.15) is 0 Å². The van der Waals surface area contributed by atoms with Crippen molar-refractivity contribution in [2.24, 2.45) is 0 Å². The van der Waals surface area contributed by atoms with Crippen LogP contribution in [0.5, 0.6) is 0 Å². The fourth-order valence-electron chi connectivity index (χ4n) is 2.28. The summed E-state index contributed by atoms with van der Waals surface area (Å²) in [5.74, 6) is -0.772. The molecule has 20 heavy (non-hydrogen) atoms. The first-order valence-electron chi connectivity index (χ1n) is 6.51. The average molecular weight is 297 g/mol. The van der Waals surface area contributed by atoms with Gasteiger partial charge in [0.15, 0.2) is 0 Å².